The molecule has 0 bridgehead atoms. The predicted molar refractivity (Wildman–Crippen MR) is 93.2 cm³/mol. The molecule has 1 N–H and O–H groups in total. The highest BCUT2D eigenvalue weighted by atomic mass is 19.4. The number of pyridine rings is 1. The molecule has 9 heteroatoms. The molecule has 0 saturated carbocycles. The Hall–Kier alpha value is -2.97. The van der Waals surface area contributed by atoms with E-state index in [1.807, 2.05) is 12.2 Å². The van der Waals surface area contributed by atoms with Crippen molar-refractivity contribution >= 4 is 11.6 Å². The number of carbonyl (C=O) groups is 1. The van der Waals surface area contributed by atoms with Crippen LogP contribution in [0.1, 0.15) is 36.8 Å². The second kappa shape index (κ2) is 6.64. The summed E-state index contributed by atoms with van der Waals surface area (Å²) in [7, 11) is 0. The molecule has 0 aliphatic carbocycles. The van der Waals surface area contributed by atoms with Gasteiger partial charge in [0.25, 0.3) is 5.91 Å². The molecule has 3 aromatic heterocycles. The average molecular weight is 377 g/mol. The van der Waals surface area contributed by atoms with Crippen LogP contribution in [0.2, 0.25) is 0 Å². The van der Waals surface area contributed by atoms with Crippen LogP contribution in [-0.2, 0) is 6.42 Å². The molecule has 0 atom stereocenters. The zero-order chi connectivity index (χ0) is 19.8. The van der Waals surface area contributed by atoms with Gasteiger partial charge in [-0.25, -0.2) is 9.50 Å². The van der Waals surface area contributed by atoms with Crippen LogP contribution < -0.4 is 5.32 Å². The molecule has 1 amide bonds. The maximum absolute atomic E-state index is 13.1. The van der Waals surface area contributed by atoms with Gasteiger partial charge >= 0.3 is 6.18 Å². The first-order chi connectivity index (χ1) is 12.6. The quantitative estimate of drug-likeness (QED) is 0.756. The molecular formula is C18H18F3N5O. The molecule has 0 radical (unpaired) electrons. The summed E-state index contributed by atoms with van der Waals surface area (Å²) < 4.78 is 40.7. The third kappa shape index (κ3) is 3.49. The number of fused-ring (bicyclic) bond motifs is 1. The number of aromatic nitrogens is 4. The van der Waals surface area contributed by atoms with Gasteiger partial charge in [0, 0.05) is 11.9 Å². The fraction of sp³-hybridized carbons (Fsp3) is 0.333. The molecular weight excluding hydrogens is 359 g/mol. The van der Waals surface area contributed by atoms with Crippen LogP contribution in [0, 0.1) is 0 Å². The summed E-state index contributed by atoms with van der Waals surface area (Å²) in [6.45, 7) is 3.72. The molecule has 0 aliphatic rings. The largest absolute Gasteiger partial charge is 0.410 e. The summed E-state index contributed by atoms with van der Waals surface area (Å²) in [4.78, 5) is 21.2. The number of carbonyl (C=O) groups excluding carboxylic acids is 1. The first-order valence-corrected chi connectivity index (χ1v) is 8.32. The number of nitrogens with zero attached hydrogens (tertiary/aromatic N) is 4. The Balaban J connectivity index is 2.08. The van der Waals surface area contributed by atoms with Crippen molar-refractivity contribution in [2.45, 2.75) is 38.9 Å². The van der Waals surface area contributed by atoms with Gasteiger partial charge in [0.15, 0.2) is 5.65 Å². The van der Waals surface area contributed by atoms with E-state index < -0.39 is 17.6 Å². The normalized spacial score (nSPS) is 12.4. The minimum Gasteiger partial charge on any atom is -0.338 e. The van der Waals surface area contributed by atoms with Crippen LogP contribution >= 0.6 is 0 Å². The van der Waals surface area contributed by atoms with E-state index in [0.29, 0.717) is 17.8 Å². The Kier molecular flexibility index (Phi) is 4.63. The first kappa shape index (κ1) is 18.8. The number of aryl methyl sites for hydroxylation is 1. The molecule has 0 aromatic carbocycles. The van der Waals surface area contributed by atoms with Crippen molar-refractivity contribution in [1.82, 2.24) is 24.9 Å². The lowest BCUT2D eigenvalue weighted by atomic mass is 10.0. The van der Waals surface area contributed by atoms with Crippen molar-refractivity contribution in [2.75, 3.05) is 0 Å². The fourth-order valence-corrected chi connectivity index (χ4v) is 2.50. The van der Waals surface area contributed by atoms with E-state index >= 15 is 0 Å². The Morgan fingerprint density at radius 2 is 1.96 bits per heavy atom. The second-order valence-electron chi connectivity index (χ2n) is 6.57. The van der Waals surface area contributed by atoms with Crippen molar-refractivity contribution in [2.24, 2.45) is 0 Å². The molecule has 0 spiro atoms. The lowest BCUT2D eigenvalue weighted by Gasteiger charge is -2.28. The summed E-state index contributed by atoms with van der Waals surface area (Å²) >= 11 is 0. The lowest BCUT2D eigenvalue weighted by molar-refractivity contribution is -0.182. The molecule has 142 valence electrons. The lowest BCUT2D eigenvalue weighted by Crippen LogP contribution is -2.54. The maximum Gasteiger partial charge on any atom is 0.410 e. The smallest absolute Gasteiger partial charge is 0.338 e. The van der Waals surface area contributed by atoms with Gasteiger partial charge in [0.2, 0.25) is 0 Å². The van der Waals surface area contributed by atoms with Crippen LogP contribution in [0.15, 0.2) is 36.7 Å². The number of hydrogen-bond acceptors (Lipinski definition) is 4. The summed E-state index contributed by atoms with van der Waals surface area (Å²) in [5.74, 6) is -0.889. The zero-order valence-electron chi connectivity index (χ0n) is 15.0. The molecule has 0 aliphatic heterocycles. The third-order valence-corrected chi connectivity index (χ3v) is 4.21. The Bertz CT molecular complexity index is 980. The van der Waals surface area contributed by atoms with Gasteiger partial charge in [0.05, 0.1) is 17.6 Å². The van der Waals surface area contributed by atoms with Crippen LogP contribution in [-0.4, -0.2) is 37.2 Å². The molecule has 3 heterocycles. The molecule has 0 saturated heterocycles. The number of nitrogens with one attached hydrogen (secondary N) is 1. The zero-order valence-corrected chi connectivity index (χ0v) is 15.0. The second-order valence-corrected chi connectivity index (χ2v) is 6.57. The van der Waals surface area contributed by atoms with Gasteiger partial charge in [-0.05, 0) is 38.5 Å². The SMILES string of the molecule is CCc1cc(-c2ccccn2)nc2c(C(=O)NC(C)(C)C(F)(F)F)cnn12. The minimum absolute atomic E-state index is 0.0280. The van der Waals surface area contributed by atoms with Gasteiger partial charge in [-0.1, -0.05) is 13.0 Å². The van der Waals surface area contributed by atoms with Gasteiger partial charge in [-0.2, -0.15) is 18.3 Å². The van der Waals surface area contributed by atoms with Crippen molar-refractivity contribution < 1.29 is 18.0 Å². The summed E-state index contributed by atoms with van der Waals surface area (Å²) in [5.41, 5.74) is -0.354. The van der Waals surface area contributed by atoms with Gasteiger partial charge in [0.1, 0.15) is 11.1 Å². The monoisotopic (exact) mass is 377 g/mol. The van der Waals surface area contributed by atoms with E-state index in [4.69, 9.17) is 0 Å². The molecule has 3 rings (SSSR count). The highest BCUT2D eigenvalue weighted by molar-refractivity contribution is 6.00. The number of amides is 1. The van der Waals surface area contributed by atoms with E-state index in [1.54, 1.807) is 30.5 Å². The Morgan fingerprint density at radius 1 is 1.22 bits per heavy atom. The molecule has 0 fully saturated rings. The van der Waals surface area contributed by atoms with Crippen molar-refractivity contribution in [3.63, 3.8) is 0 Å². The fourth-order valence-electron chi connectivity index (χ4n) is 2.50. The van der Waals surface area contributed by atoms with E-state index in [2.05, 4.69) is 15.1 Å². The van der Waals surface area contributed by atoms with Crippen LogP contribution in [0.25, 0.3) is 17.0 Å². The van der Waals surface area contributed by atoms with Gasteiger partial charge < -0.3 is 5.32 Å². The molecule has 27 heavy (non-hydrogen) atoms. The maximum atomic E-state index is 13.1. The Labute approximate surface area is 153 Å². The van der Waals surface area contributed by atoms with Gasteiger partial charge in [-0.3, -0.25) is 9.78 Å². The highest BCUT2D eigenvalue weighted by Gasteiger charge is 2.48. The van der Waals surface area contributed by atoms with E-state index in [9.17, 15) is 18.0 Å². The van der Waals surface area contributed by atoms with E-state index in [0.717, 1.165) is 19.5 Å². The van der Waals surface area contributed by atoms with E-state index in [1.165, 1.54) is 10.7 Å². The summed E-state index contributed by atoms with van der Waals surface area (Å²) in [6, 6.07) is 7.13. The topological polar surface area (TPSA) is 72.2 Å². The summed E-state index contributed by atoms with van der Waals surface area (Å²) in [5, 5.41) is 6.14. The molecule has 3 aromatic rings. The molecule has 0 unspecified atom stereocenters. The number of alkyl halides is 3. The van der Waals surface area contributed by atoms with Crippen LogP contribution in [0.3, 0.4) is 0 Å². The standard InChI is InChI=1S/C18H18F3N5O/c1-4-11-9-14(13-7-5-6-8-22-13)24-15-12(10-23-26(11)15)16(27)25-17(2,3)18(19,20)21/h5-10H,4H2,1-3H3,(H,25,27). The highest BCUT2D eigenvalue weighted by Crippen LogP contribution is 2.30. The predicted octanol–water partition coefficient (Wildman–Crippen LogP) is 3.42. The van der Waals surface area contributed by atoms with Gasteiger partial charge in [-0.15, -0.1) is 0 Å². The van der Waals surface area contributed by atoms with E-state index in [-0.39, 0.29) is 11.2 Å². The first-order valence-electron chi connectivity index (χ1n) is 8.32. The number of hydrogen-bond donors (Lipinski definition) is 1. The number of rotatable bonds is 4. The van der Waals surface area contributed by atoms with Crippen LogP contribution in [0.4, 0.5) is 13.2 Å². The minimum atomic E-state index is -4.59. The van der Waals surface area contributed by atoms with Crippen LogP contribution in [0.5, 0.6) is 0 Å². The third-order valence-electron chi connectivity index (χ3n) is 4.21. The average Bonchev–Trinajstić information content (AvgIpc) is 3.04. The Morgan fingerprint density at radius 3 is 2.56 bits per heavy atom. The van der Waals surface area contributed by atoms with Crippen molar-refractivity contribution in [3.8, 4) is 11.4 Å². The van der Waals surface area contributed by atoms with Crippen molar-refractivity contribution in [3.05, 3.63) is 47.9 Å². The number of halogens is 3. The van der Waals surface area contributed by atoms with Crippen molar-refractivity contribution in [1.29, 1.82) is 0 Å². The molecule has 6 nitrogen and oxygen atoms in total. The summed E-state index contributed by atoms with van der Waals surface area (Å²) in [6.07, 6.45) is -1.16.